The molecular weight excluding hydrogens is 214 g/mol. The summed E-state index contributed by atoms with van der Waals surface area (Å²) in [5.41, 5.74) is 7.82. The molecule has 0 aromatic carbocycles. The Morgan fingerprint density at radius 1 is 1.59 bits per heavy atom. The molecule has 1 unspecified atom stereocenters. The van der Waals surface area contributed by atoms with Crippen LogP contribution in [0.4, 0.5) is 5.69 Å². The lowest BCUT2D eigenvalue weighted by atomic mass is 10.2. The van der Waals surface area contributed by atoms with Crippen LogP contribution in [0.25, 0.3) is 0 Å². The zero-order chi connectivity index (χ0) is 12.3. The summed E-state index contributed by atoms with van der Waals surface area (Å²) in [6.07, 6.45) is 4.59. The van der Waals surface area contributed by atoms with E-state index in [1.54, 1.807) is 0 Å². The van der Waals surface area contributed by atoms with Gasteiger partial charge in [0, 0.05) is 26.2 Å². The fourth-order valence-corrected chi connectivity index (χ4v) is 2.09. The van der Waals surface area contributed by atoms with E-state index in [1.807, 2.05) is 19.2 Å². The fraction of sp³-hybridized carbons (Fsp3) is 0.615. The molecule has 1 aromatic rings. The molecule has 0 saturated carbocycles. The molecule has 2 atom stereocenters. The molecule has 0 radical (unpaired) electrons. The standard InChI is InChI=1S/C13H21N3O/c1-10(14)13-6-5-11(8-15-13)16(2)9-12-4-3-7-17-12/h5-6,8,10,12H,3-4,7,9,14H2,1-2H3/t10-,12?/m0/s1. The van der Waals surface area contributed by atoms with E-state index < -0.39 is 0 Å². The van der Waals surface area contributed by atoms with Crippen LogP contribution in [-0.4, -0.2) is 31.3 Å². The third-order valence-electron chi connectivity index (χ3n) is 3.18. The second kappa shape index (κ2) is 5.47. The number of rotatable bonds is 4. The summed E-state index contributed by atoms with van der Waals surface area (Å²) < 4.78 is 5.62. The number of hydrogen-bond donors (Lipinski definition) is 1. The van der Waals surface area contributed by atoms with Gasteiger partial charge < -0.3 is 15.4 Å². The summed E-state index contributed by atoms with van der Waals surface area (Å²) in [5.74, 6) is 0. The Hall–Kier alpha value is -1.13. The van der Waals surface area contributed by atoms with E-state index in [9.17, 15) is 0 Å². The highest BCUT2D eigenvalue weighted by Gasteiger charge is 2.17. The van der Waals surface area contributed by atoms with E-state index in [0.717, 1.165) is 31.0 Å². The van der Waals surface area contributed by atoms with E-state index in [2.05, 4.69) is 23.0 Å². The highest BCUT2D eigenvalue weighted by atomic mass is 16.5. The maximum atomic E-state index is 5.78. The van der Waals surface area contributed by atoms with Crippen LogP contribution >= 0.6 is 0 Å². The summed E-state index contributed by atoms with van der Waals surface area (Å²) >= 11 is 0. The number of hydrogen-bond acceptors (Lipinski definition) is 4. The first kappa shape index (κ1) is 12.3. The Bertz CT molecular complexity index is 344. The fourth-order valence-electron chi connectivity index (χ4n) is 2.09. The van der Waals surface area contributed by atoms with Gasteiger partial charge >= 0.3 is 0 Å². The van der Waals surface area contributed by atoms with Crippen LogP contribution in [0, 0.1) is 0 Å². The van der Waals surface area contributed by atoms with Gasteiger partial charge in [-0.2, -0.15) is 0 Å². The van der Waals surface area contributed by atoms with Gasteiger partial charge in [0.15, 0.2) is 0 Å². The second-order valence-corrected chi connectivity index (χ2v) is 4.75. The predicted octanol–water partition coefficient (Wildman–Crippen LogP) is 1.72. The summed E-state index contributed by atoms with van der Waals surface area (Å²) in [6.45, 7) is 3.78. The van der Waals surface area contributed by atoms with Crippen LogP contribution in [-0.2, 0) is 4.74 Å². The number of nitrogens with zero attached hydrogens (tertiary/aromatic N) is 2. The smallest absolute Gasteiger partial charge is 0.0750 e. The zero-order valence-electron chi connectivity index (χ0n) is 10.6. The third kappa shape index (κ3) is 3.17. The number of nitrogens with two attached hydrogens (primary N) is 1. The number of likely N-dealkylation sites (N-methyl/N-ethyl adjacent to an activating group) is 1. The minimum atomic E-state index is -0.00692. The highest BCUT2D eigenvalue weighted by Crippen LogP contribution is 2.18. The molecule has 17 heavy (non-hydrogen) atoms. The zero-order valence-corrected chi connectivity index (χ0v) is 10.6. The van der Waals surface area contributed by atoms with Crippen molar-refractivity contribution in [2.75, 3.05) is 25.1 Å². The molecule has 94 valence electrons. The minimum Gasteiger partial charge on any atom is -0.376 e. The van der Waals surface area contributed by atoms with Crippen molar-refractivity contribution in [3.63, 3.8) is 0 Å². The van der Waals surface area contributed by atoms with E-state index in [1.165, 1.54) is 6.42 Å². The summed E-state index contributed by atoms with van der Waals surface area (Å²) in [4.78, 5) is 6.55. The highest BCUT2D eigenvalue weighted by molar-refractivity contribution is 5.44. The molecule has 1 saturated heterocycles. The van der Waals surface area contributed by atoms with Crippen LogP contribution in [0.5, 0.6) is 0 Å². The van der Waals surface area contributed by atoms with E-state index in [0.29, 0.717) is 6.10 Å². The Labute approximate surface area is 103 Å². The lowest BCUT2D eigenvalue weighted by molar-refractivity contribution is 0.116. The van der Waals surface area contributed by atoms with E-state index in [-0.39, 0.29) is 6.04 Å². The van der Waals surface area contributed by atoms with Gasteiger partial charge in [-0.15, -0.1) is 0 Å². The molecular formula is C13H21N3O. The Morgan fingerprint density at radius 3 is 2.94 bits per heavy atom. The quantitative estimate of drug-likeness (QED) is 0.863. The molecule has 0 amide bonds. The topological polar surface area (TPSA) is 51.4 Å². The monoisotopic (exact) mass is 235 g/mol. The first-order valence-corrected chi connectivity index (χ1v) is 6.21. The van der Waals surface area contributed by atoms with Gasteiger partial charge in [-0.1, -0.05) is 0 Å². The summed E-state index contributed by atoms with van der Waals surface area (Å²) in [5, 5.41) is 0. The second-order valence-electron chi connectivity index (χ2n) is 4.75. The SMILES string of the molecule is C[C@H](N)c1ccc(N(C)CC2CCCO2)cn1. The van der Waals surface area contributed by atoms with Gasteiger partial charge in [0.1, 0.15) is 0 Å². The summed E-state index contributed by atoms with van der Waals surface area (Å²) in [6, 6.07) is 4.06. The van der Waals surface area contributed by atoms with Crippen LogP contribution < -0.4 is 10.6 Å². The van der Waals surface area contributed by atoms with Gasteiger partial charge in [-0.25, -0.2) is 0 Å². The van der Waals surface area contributed by atoms with Gasteiger partial charge in [-0.3, -0.25) is 4.98 Å². The largest absolute Gasteiger partial charge is 0.376 e. The molecule has 1 fully saturated rings. The number of anilines is 1. The Morgan fingerprint density at radius 2 is 2.41 bits per heavy atom. The van der Waals surface area contributed by atoms with Crippen LogP contribution in [0.15, 0.2) is 18.3 Å². The maximum Gasteiger partial charge on any atom is 0.0750 e. The van der Waals surface area contributed by atoms with Crippen LogP contribution in [0.1, 0.15) is 31.5 Å². The van der Waals surface area contributed by atoms with Gasteiger partial charge in [-0.05, 0) is 31.9 Å². The average Bonchev–Trinajstić information content (AvgIpc) is 2.82. The molecule has 2 N–H and O–H groups in total. The molecule has 2 heterocycles. The first-order chi connectivity index (χ1) is 8.16. The van der Waals surface area contributed by atoms with Crippen molar-refractivity contribution in [3.05, 3.63) is 24.0 Å². The van der Waals surface area contributed by atoms with Crippen LogP contribution in [0.3, 0.4) is 0 Å². The number of pyridine rings is 1. The predicted molar refractivity (Wildman–Crippen MR) is 69.1 cm³/mol. The van der Waals surface area contributed by atoms with E-state index in [4.69, 9.17) is 10.5 Å². The molecule has 1 aromatic heterocycles. The molecule has 4 nitrogen and oxygen atoms in total. The number of ether oxygens (including phenoxy) is 1. The van der Waals surface area contributed by atoms with Crippen molar-refractivity contribution in [1.29, 1.82) is 0 Å². The van der Waals surface area contributed by atoms with Crippen molar-refractivity contribution in [2.24, 2.45) is 5.73 Å². The Kier molecular flexibility index (Phi) is 3.97. The van der Waals surface area contributed by atoms with Crippen molar-refractivity contribution in [2.45, 2.75) is 31.9 Å². The average molecular weight is 235 g/mol. The third-order valence-corrected chi connectivity index (χ3v) is 3.18. The van der Waals surface area contributed by atoms with Gasteiger partial charge in [0.2, 0.25) is 0 Å². The molecule has 0 spiro atoms. The molecule has 4 heteroatoms. The van der Waals surface area contributed by atoms with Crippen LogP contribution in [0.2, 0.25) is 0 Å². The maximum absolute atomic E-state index is 5.78. The first-order valence-electron chi connectivity index (χ1n) is 6.21. The molecule has 0 aliphatic carbocycles. The molecule has 1 aliphatic heterocycles. The van der Waals surface area contributed by atoms with Crippen molar-refractivity contribution in [3.8, 4) is 0 Å². The molecule has 1 aliphatic rings. The van der Waals surface area contributed by atoms with Crippen molar-refractivity contribution >= 4 is 5.69 Å². The van der Waals surface area contributed by atoms with Gasteiger partial charge in [0.25, 0.3) is 0 Å². The summed E-state index contributed by atoms with van der Waals surface area (Å²) in [7, 11) is 2.07. The molecule has 2 rings (SSSR count). The number of aromatic nitrogens is 1. The lowest BCUT2D eigenvalue weighted by Gasteiger charge is -2.22. The van der Waals surface area contributed by atoms with Gasteiger partial charge in [0.05, 0.1) is 23.7 Å². The molecule has 0 bridgehead atoms. The normalized spacial score (nSPS) is 21.5. The Balaban J connectivity index is 1.96. The van der Waals surface area contributed by atoms with Crippen molar-refractivity contribution in [1.82, 2.24) is 4.98 Å². The van der Waals surface area contributed by atoms with E-state index >= 15 is 0 Å². The minimum absolute atomic E-state index is 0.00692. The van der Waals surface area contributed by atoms with Crippen molar-refractivity contribution < 1.29 is 4.74 Å². The lowest BCUT2D eigenvalue weighted by Crippen LogP contribution is -2.28.